The van der Waals surface area contributed by atoms with Crippen molar-refractivity contribution in [1.29, 1.82) is 0 Å². The molecule has 138 valence electrons. The van der Waals surface area contributed by atoms with Gasteiger partial charge in [0.2, 0.25) is 0 Å². The van der Waals surface area contributed by atoms with Gasteiger partial charge >= 0.3 is 0 Å². The number of pyridine rings is 1. The molecule has 1 aliphatic carbocycles. The Morgan fingerprint density at radius 1 is 0.852 bits per heavy atom. The molecule has 0 bridgehead atoms. The van der Waals surface area contributed by atoms with Crippen LogP contribution in [0.2, 0.25) is 0 Å². The number of aromatic nitrogens is 3. The zero-order valence-corrected chi connectivity index (χ0v) is 16.1. The van der Waals surface area contributed by atoms with Crippen LogP contribution in [0.3, 0.4) is 0 Å². The predicted octanol–water partition coefficient (Wildman–Crippen LogP) is 4.70. The second-order valence-electron chi connectivity index (χ2n) is 8.42. The molecule has 1 aromatic carbocycles. The first-order valence-electron chi connectivity index (χ1n) is 9.44. The van der Waals surface area contributed by atoms with Crippen molar-refractivity contribution in [2.24, 2.45) is 5.41 Å². The summed E-state index contributed by atoms with van der Waals surface area (Å²) in [7, 11) is 0. The van der Waals surface area contributed by atoms with Crippen LogP contribution in [-0.4, -0.2) is 20.1 Å². The molecule has 3 aromatic rings. The van der Waals surface area contributed by atoms with Crippen LogP contribution in [0.5, 0.6) is 0 Å². The van der Waals surface area contributed by atoms with E-state index in [1.165, 1.54) is 24.7 Å². The third-order valence-electron chi connectivity index (χ3n) is 5.49. The molecule has 0 radical (unpaired) electrons. The fraction of sp³-hybridized carbons (Fsp3) is 0.348. The summed E-state index contributed by atoms with van der Waals surface area (Å²) < 4.78 is 0. The Labute approximate surface area is 160 Å². The number of aliphatic hydroxyl groups is 1. The summed E-state index contributed by atoms with van der Waals surface area (Å²) in [6.45, 7) is 5.98. The van der Waals surface area contributed by atoms with E-state index >= 15 is 0 Å². The Morgan fingerprint density at radius 2 is 1.48 bits per heavy atom. The Kier molecular flexibility index (Phi) is 4.31. The van der Waals surface area contributed by atoms with Crippen LogP contribution >= 0.6 is 0 Å². The van der Waals surface area contributed by atoms with Crippen molar-refractivity contribution in [3.8, 4) is 11.1 Å². The van der Waals surface area contributed by atoms with E-state index in [-0.39, 0.29) is 0 Å². The van der Waals surface area contributed by atoms with Crippen LogP contribution in [0, 0.1) is 5.41 Å². The molecule has 1 fully saturated rings. The molecule has 1 aliphatic rings. The second-order valence-corrected chi connectivity index (χ2v) is 8.42. The Morgan fingerprint density at radius 3 is 2.00 bits per heavy atom. The van der Waals surface area contributed by atoms with E-state index in [1.54, 1.807) is 12.4 Å². The molecule has 4 heteroatoms. The average Bonchev–Trinajstić information content (AvgIpc) is 3.53. The van der Waals surface area contributed by atoms with E-state index in [2.05, 4.69) is 39.2 Å². The monoisotopic (exact) mass is 359 g/mol. The van der Waals surface area contributed by atoms with Crippen LogP contribution in [0.25, 0.3) is 11.1 Å². The fourth-order valence-electron chi connectivity index (χ4n) is 3.59. The fourth-order valence-corrected chi connectivity index (χ4v) is 3.59. The maximum absolute atomic E-state index is 11.6. The standard InChI is InChI=1S/C23H25N3O/c1-22(2,3)23(27,20-13-24-15-25-14-20)21-11-10-19(12-26-21)18-8-6-17(7-9-18)16-4-5-16/h6-16,27H,4-5H2,1-3H3. The summed E-state index contributed by atoms with van der Waals surface area (Å²) in [4.78, 5) is 12.8. The maximum atomic E-state index is 11.6. The van der Waals surface area contributed by atoms with E-state index in [0.29, 0.717) is 11.3 Å². The van der Waals surface area contributed by atoms with Crippen molar-refractivity contribution in [3.05, 3.63) is 78.1 Å². The highest BCUT2D eigenvalue weighted by Crippen LogP contribution is 2.44. The lowest BCUT2D eigenvalue weighted by Gasteiger charge is -2.39. The van der Waals surface area contributed by atoms with Crippen LogP contribution in [-0.2, 0) is 5.60 Å². The van der Waals surface area contributed by atoms with Gasteiger partial charge in [-0.1, -0.05) is 51.1 Å². The normalized spacial score (nSPS) is 16.7. The lowest BCUT2D eigenvalue weighted by atomic mass is 9.70. The minimum Gasteiger partial charge on any atom is -0.378 e. The second kappa shape index (κ2) is 6.54. The lowest BCUT2D eigenvalue weighted by molar-refractivity contribution is -0.0301. The summed E-state index contributed by atoms with van der Waals surface area (Å²) in [5.41, 5.74) is 3.10. The smallest absolute Gasteiger partial charge is 0.139 e. The molecule has 27 heavy (non-hydrogen) atoms. The van der Waals surface area contributed by atoms with Crippen molar-refractivity contribution in [3.63, 3.8) is 0 Å². The largest absolute Gasteiger partial charge is 0.378 e. The highest BCUT2D eigenvalue weighted by Gasteiger charge is 2.45. The summed E-state index contributed by atoms with van der Waals surface area (Å²) in [5.74, 6) is 0.759. The number of hydrogen-bond donors (Lipinski definition) is 1. The molecule has 4 nitrogen and oxygen atoms in total. The van der Waals surface area contributed by atoms with Gasteiger partial charge in [0.15, 0.2) is 0 Å². The summed E-state index contributed by atoms with van der Waals surface area (Å²) in [6.07, 6.45) is 9.24. The van der Waals surface area contributed by atoms with Crippen LogP contribution in [0.1, 0.15) is 56.4 Å². The quantitative estimate of drug-likeness (QED) is 0.734. The van der Waals surface area contributed by atoms with Crippen molar-refractivity contribution in [2.45, 2.75) is 45.1 Å². The minimum atomic E-state index is -1.28. The van der Waals surface area contributed by atoms with Gasteiger partial charge in [-0.05, 0) is 36.0 Å². The van der Waals surface area contributed by atoms with E-state index in [4.69, 9.17) is 0 Å². The van der Waals surface area contributed by atoms with E-state index in [0.717, 1.165) is 17.0 Å². The molecule has 1 atom stereocenters. The molecular weight excluding hydrogens is 334 g/mol. The van der Waals surface area contributed by atoms with Crippen LogP contribution in [0.15, 0.2) is 61.3 Å². The van der Waals surface area contributed by atoms with Crippen molar-refractivity contribution in [2.75, 3.05) is 0 Å². The molecule has 0 aliphatic heterocycles. The minimum absolute atomic E-state index is 0.474. The van der Waals surface area contributed by atoms with Gasteiger partial charge in [0.1, 0.15) is 11.9 Å². The lowest BCUT2D eigenvalue weighted by Crippen LogP contribution is -2.42. The van der Waals surface area contributed by atoms with Crippen LogP contribution < -0.4 is 0 Å². The van der Waals surface area contributed by atoms with Gasteiger partial charge in [0.05, 0.1) is 5.69 Å². The Balaban J connectivity index is 1.68. The number of benzene rings is 1. The number of hydrogen-bond acceptors (Lipinski definition) is 4. The van der Waals surface area contributed by atoms with Gasteiger partial charge in [-0.3, -0.25) is 4.98 Å². The first-order valence-corrected chi connectivity index (χ1v) is 9.44. The van der Waals surface area contributed by atoms with Crippen molar-refractivity contribution in [1.82, 2.24) is 15.0 Å². The van der Waals surface area contributed by atoms with E-state index in [1.807, 2.05) is 39.1 Å². The van der Waals surface area contributed by atoms with Gasteiger partial charge in [-0.25, -0.2) is 9.97 Å². The topological polar surface area (TPSA) is 58.9 Å². The van der Waals surface area contributed by atoms with Crippen molar-refractivity contribution >= 4 is 0 Å². The highest BCUT2D eigenvalue weighted by molar-refractivity contribution is 5.63. The number of nitrogens with zero attached hydrogens (tertiary/aromatic N) is 3. The van der Waals surface area contributed by atoms with Gasteiger partial charge < -0.3 is 5.11 Å². The molecule has 1 unspecified atom stereocenters. The van der Waals surface area contributed by atoms with Gasteiger partial charge in [-0.2, -0.15) is 0 Å². The number of rotatable bonds is 4. The van der Waals surface area contributed by atoms with E-state index < -0.39 is 11.0 Å². The molecular formula is C23H25N3O. The van der Waals surface area contributed by atoms with Crippen molar-refractivity contribution < 1.29 is 5.11 Å². The highest BCUT2D eigenvalue weighted by atomic mass is 16.3. The SMILES string of the molecule is CC(C)(C)C(O)(c1cncnc1)c1ccc(-c2ccc(C3CC3)cc2)cn1. The van der Waals surface area contributed by atoms with Gasteiger partial charge in [-0.15, -0.1) is 0 Å². The molecule has 1 N–H and O–H groups in total. The molecule has 2 aromatic heterocycles. The summed E-state index contributed by atoms with van der Waals surface area (Å²) >= 11 is 0. The third-order valence-corrected chi connectivity index (χ3v) is 5.49. The molecule has 2 heterocycles. The third kappa shape index (κ3) is 3.26. The molecule has 4 rings (SSSR count). The predicted molar refractivity (Wildman–Crippen MR) is 106 cm³/mol. The summed E-state index contributed by atoms with van der Waals surface area (Å²) in [6, 6.07) is 12.7. The van der Waals surface area contributed by atoms with Gasteiger partial charge in [0.25, 0.3) is 0 Å². The first-order chi connectivity index (χ1) is 12.9. The first kappa shape index (κ1) is 17.8. The average molecular weight is 359 g/mol. The molecule has 0 amide bonds. The zero-order chi connectivity index (χ0) is 19.1. The molecule has 1 saturated carbocycles. The molecule has 0 saturated heterocycles. The maximum Gasteiger partial charge on any atom is 0.139 e. The zero-order valence-electron chi connectivity index (χ0n) is 16.1. The Hall–Kier alpha value is -2.59. The van der Waals surface area contributed by atoms with Gasteiger partial charge in [0, 0.05) is 35.1 Å². The van der Waals surface area contributed by atoms with Crippen LogP contribution in [0.4, 0.5) is 0 Å². The molecule has 0 spiro atoms. The summed E-state index contributed by atoms with van der Waals surface area (Å²) in [5, 5.41) is 11.6. The Bertz CT molecular complexity index is 911. The van der Waals surface area contributed by atoms with E-state index in [9.17, 15) is 5.11 Å².